The zero-order valence-electron chi connectivity index (χ0n) is 11.1. The van der Waals surface area contributed by atoms with Gasteiger partial charge in [-0.3, -0.25) is 0 Å². The highest BCUT2D eigenvalue weighted by atomic mass is 19.1. The van der Waals surface area contributed by atoms with E-state index in [0.717, 1.165) is 26.1 Å². The van der Waals surface area contributed by atoms with Crippen molar-refractivity contribution >= 4 is 0 Å². The predicted octanol–water partition coefficient (Wildman–Crippen LogP) is 2.69. The van der Waals surface area contributed by atoms with Crippen LogP contribution < -0.4 is 10.6 Å². The Kier molecular flexibility index (Phi) is 6.83. The highest BCUT2D eigenvalue weighted by molar-refractivity contribution is 5.19. The van der Waals surface area contributed by atoms with Crippen molar-refractivity contribution in [2.24, 2.45) is 5.92 Å². The Labute approximate surface area is 108 Å². The van der Waals surface area contributed by atoms with Crippen LogP contribution in [0.15, 0.2) is 18.2 Å². The fourth-order valence-electron chi connectivity index (χ4n) is 1.64. The predicted molar refractivity (Wildman–Crippen MR) is 70.4 cm³/mol. The molecular weight excluding hydrogens is 234 g/mol. The summed E-state index contributed by atoms with van der Waals surface area (Å²) in [7, 11) is 0. The summed E-state index contributed by atoms with van der Waals surface area (Å²) in [6.07, 6.45) is 0.947. The van der Waals surface area contributed by atoms with Gasteiger partial charge in [0.05, 0.1) is 0 Å². The molecule has 0 aliphatic rings. The summed E-state index contributed by atoms with van der Waals surface area (Å²) in [6, 6.07) is 3.94. The highest BCUT2D eigenvalue weighted by Gasteiger charge is 2.06. The van der Waals surface area contributed by atoms with Crippen molar-refractivity contribution in [3.05, 3.63) is 35.4 Å². The van der Waals surface area contributed by atoms with Crippen LogP contribution in [0.2, 0.25) is 0 Å². The first-order valence-electron chi connectivity index (χ1n) is 6.45. The van der Waals surface area contributed by atoms with Crippen LogP contribution in [0.5, 0.6) is 0 Å². The maximum absolute atomic E-state index is 13.3. The Hall–Kier alpha value is -1.00. The van der Waals surface area contributed by atoms with E-state index in [9.17, 15) is 8.78 Å². The van der Waals surface area contributed by atoms with Crippen molar-refractivity contribution in [3.8, 4) is 0 Å². The molecule has 0 spiro atoms. The van der Waals surface area contributed by atoms with Crippen molar-refractivity contribution in [2.45, 2.75) is 26.8 Å². The first kappa shape index (κ1) is 15.1. The minimum absolute atomic E-state index is 0.118. The van der Waals surface area contributed by atoms with Crippen molar-refractivity contribution in [3.63, 3.8) is 0 Å². The molecule has 0 unspecified atom stereocenters. The zero-order valence-corrected chi connectivity index (χ0v) is 11.1. The van der Waals surface area contributed by atoms with Crippen LogP contribution >= 0.6 is 0 Å². The Morgan fingerprint density at radius 1 is 1.06 bits per heavy atom. The second kappa shape index (κ2) is 8.16. The van der Waals surface area contributed by atoms with Gasteiger partial charge in [-0.05, 0) is 44.1 Å². The molecule has 0 saturated carbocycles. The third kappa shape index (κ3) is 5.56. The number of hydrogen-bond acceptors (Lipinski definition) is 2. The summed E-state index contributed by atoms with van der Waals surface area (Å²) in [5.41, 5.74) is 0.118. The van der Waals surface area contributed by atoms with Crippen LogP contribution in [0.25, 0.3) is 0 Å². The molecule has 0 radical (unpaired) electrons. The van der Waals surface area contributed by atoms with E-state index in [1.165, 1.54) is 18.2 Å². The van der Waals surface area contributed by atoms with Gasteiger partial charge in [0, 0.05) is 12.1 Å². The van der Waals surface area contributed by atoms with E-state index in [1.807, 2.05) is 0 Å². The summed E-state index contributed by atoms with van der Waals surface area (Å²) in [4.78, 5) is 0. The lowest BCUT2D eigenvalue weighted by molar-refractivity contribution is 0.513. The summed E-state index contributed by atoms with van der Waals surface area (Å²) in [5, 5.41) is 6.37. The largest absolute Gasteiger partial charge is 0.316 e. The van der Waals surface area contributed by atoms with Gasteiger partial charge in [-0.25, -0.2) is 8.78 Å². The monoisotopic (exact) mass is 256 g/mol. The summed E-state index contributed by atoms with van der Waals surface area (Å²) >= 11 is 0. The molecule has 0 fully saturated rings. The van der Waals surface area contributed by atoms with Crippen molar-refractivity contribution in [1.29, 1.82) is 0 Å². The first-order valence-corrected chi connectivity index (χ1v) is 6.45. The van der Waals surface area contributed by atoms with Crippen LogP contribution in [-0.4, -0.2) is 19.6 Å². The molecule has 0 aliphatic carbocycles. The molecule has 0 aliphatic heterocycles. The highest BCUT2D eigenvalue weighted by Crippen LogP contribution is 2.11. The van der Waals surface area contributed by atoms with E-state index in [2.05, 4.69) is 24.5 Å². The van der Waals surface area contributed by atoms with Crippen molar-refractivity contribution in [1.82, 2.24) is 10.6 Å². The van der Waals surface area contributed by atoms with Gasteiger partial charge in [0.2, 0.25) is 0 Å². The summed E-state index contributed by atoms with van der Waals surface area (Å²) in [6.45, 7) is 7.23. The summed E-state index contributed by atoms with van der Waals surface area (Å²) < 4.78 is 26.6. The molecule has 0 heterocycles. The quantitative estimate of drug-likeness (QED) is 0.699. The van der Waals surface area contributed by atoms with Gasteiger partial charge >= 0.3 is 0 Å². The molecule has 1 rings (SSSR count). The average Bonchev–Trinajstić information content (AvgIpc) is 2.30. The van der Waals surface area contributed by atoms with Crippen LogP contribution in [-0.2, 0) is 6.54 Å². The molecule has 2 N–H and O–H groups in total. The topological polar surface area (TPSA) is 24.1 Å². The molecule has 102 valence electrons. The summed E-state index contributed by atoms with van der Waals surface area (Å²) in [5.74, 6) is -0.327. The van der Waals surface area contributed by atoms with Crippen LogP contribution in [0.3, 0.4) is 0 Å². The smallest absolute Gasteiger partial charge is 0.130 e. The number of rotatable bonds is 8. The molecule has 4 heteroatoms. The fraction of sp³-hybridized carbons (Fsp3) is 0.571. The second-order valence-corrected chi connectivity index (χ2v) is 4.83. The lowest BCUT2D eigenvalue weighted by atomic mass is 10.2. The van der Waals surface area contributed by atoms with Gasteiger partial charge in [0.1, 0.15) is 11.6 Å². The van der Waals surface area contributed by atoms with Crippen LogP contribution in [0.1, 0.15) is 25.8 Å². The Bertz CT molecular complexity index is 333. The van der Waals surface area contributed by atoms with E-state index >= 15 is 0 Å². The van der Waals surface area contributed by atoms with E-state index in [-0.39, 0.29) is 12.1 Å². The minimum Gasteiger partial charge on any atom is -0.316 e. The number of hydrogen-bond donors (Lipinski definition) is 2. The van der Waals surface area contributed by atoms with E-state index in [0.29, 0.717) is 5.92 Å². The third-order valence-corrected chi connectivity index (χ3v) is 2.62. The SMILES string of the molecule is CC(C)CNCCCNCc1c(F)cccc1F. The maximum atomic E-state index is 13.3. The van der Waals surface area contributed by atoms with Crippen LogP contribution in [0, 0.1) is 17.6 Å². The Morgan fingerprint density at radius 2 is 1.67 bits per heavy atom. The normalized spacial score (nSPS) is 11.2. The lowest BCUT2D eigenvalue weighted by Crippen LogP contribution is -2.25. The molecule has 2 nitrogen and oxygen atoms in total. The Balaban J connectivity index is 2.14. The van der Waals surface area contributed by atoms with Crippen LogP contribution in [0.4, 0.5) is 8.78 Å². The molecule has 0 atom stereocenters. The van der Waals surface area contributed by atoms with Gasteiger partial charge in [-0.1, -0.05) is 19.9 Å². The van der Waals surface area contributed by atoms with E-state index < -0.39 is 11.6 Å². The number of halogens is 2. The van der Waals surface area contributed by atoms with E-state index in [4.69, 9.17) is 0 Å². The minimum atomic E-state index is -0.486. The Morgan fingerprint density at radius 3 is 2.28 bits per heavy atom. The molecule has 0 aromatic heterocycles. The molecule has 1 aromatic rings. The third-order valence-electron chi connectivity index (χ3n) is 2.62. The van der Waals surface area contributed by atoms with Gasteiger partial charge < -0.3 is 10.6 Å². The second-order valence-electron chi connectivity index (χ2n) is 4.83. The average molecular weight is 256 g/mol. The standard InChI is InChI=1S/C14H22F2N2/c1-11(2)9-17-7-4-8-18-10-12-13(15)5-3-6-14(12)16/h3,5-6,11,17-18H,4,7-10H2,1-2H3. The van der Waals surface area contributed by atoms with Crippen molar-refractivity contribution < 1.29 is 8.78 Å². The van der Waals surface area contributed by atoms with Gasteiger partial charge in [0.15, 0.2) is 0 Å². The number of benzene rings is 1. The lowest BCUT2D eigenvalue weighted by Gasteiger charge is -2.09. The molecule has 0 saturated heterocycles. The molecule has 0 amide bonds. The molecular formula is C14H22F2N2. The molecule has 0 bridgehead atoms. The van der Waals surface area contributed by atoms with Gasteiger partial charge in [0.25, 0.3) is 0 Å². The number of nitrogens with one attached hydrogen (secondary N) is 2. The van der Waals surface area contributed by atoms with Gasteiger partial charge in [-0.2, -0.15) is 0 Å². The van der Waals surface area contributed by atoms with E-state index in [1.54, 1.807) is 0 Å². The molecule has 18 heavy (non-hydrogen) atoms. The maximum Gasteiger partial charge on any atom is 0.130 e. The first-order chi connectivity index (χ1) is 8.61. The zero-order chi connectivity index (χ0) is 13.4. The van der Waals surface area contributed by atoms with Gasteiger partial charge in [-0.15, -0.1) is 0 Å². The van der Waals surface area contributed by atoms with Crippen molar-refractivity contribution in [2.75, 3.05) is 19.6 Å². The molecule has 1 aromatic carbocycles. The fourth-order valence-corrected chi connectivity index (χ4v) is 1.64.